The van der Waals surface area contributed by atoms with Gasteiger partial charge in [-0.3, -0.25) is 0 Å². The van der Waals surface area contributed by atoms with Crippen LogP contribution in [-0.4, -0.2) is 26.2 Å². The number of aryl methyl sites for hydroxylation is 2. The minimum Gasteiger partial charge on any atom is -0.378 e. The van der Waals surface area contributed by atoms with E-state index in [9.17, 15) is 0 Å². The van der Waals surface area contributed by atoms with Gasteiger partial charge in [-0.2, -0.15) is 4.37 Å². The SMILES string of the molecule is CCn1cnnc1-c1c(C)nsc1NC. The van der Waals surface area contributed by atoms with Crippen LogP contribution < -0.4 is 5.32 Å². The van der Waals surface area contributed by atoms with Gasteiger partial charge in [0.2, 0.25) is 0 Å². The molecule has 15 heavy (non-hydrogen) atoms. The maximum absolute atomic E-state index is 4.32. The van der Waals surface area contributed by atoms with Crippen molar-refractivity contribution in [1.82, 2.24) is 19.1 Å². The lowest BCUT2D eigenvalue weighted by Gasteiger charge is -2.04. The molecule has 0 aliphatic carbocycles. The highest BCUT2D eigenvalue weighted by Crippen LogP contribution is 2.32. The highest BCUT2D eigenvalue weighted by molar-refractivity contribution is 7.10. The fourth-order valence-corrected chi connectivity index (χ4v) is 2.22. The normalized spacial score (nSPS) is 10.6. The van der Waals surface area contributed by atoms with E-state index in [0.29, 0.717) is 0 Å². The van der Waals surface area contributed by atoms with Gasteiger partial charge in [-0.1, -0.05) is 0 Å². The van der Waals surface area contributed by atoms with E-state index in [2.05, 4.69) is 26.8 Å². The lowest BCUT2D eigenvalue weighted by Crippen LogP contribution is -1.98. The van der Waals surface area contributed by atoms with Gasteiger partial charge < -0.3 is 9.88 Å². The van der Waals surface area contributed by atoms with Crippen molar-refractivity contribution in [2.45, 2.75) is 20.4 Å². The predicted molar refractivity (Wildman–Crippen MR) is 61.1 cm³/mol. The summed E-state index contributed by atoms with van der Waals surface area (Å²) in [5.41, 5.74) is 2.05. The Bertz CT molecular complexity index is 459. The lowest BCUT2D eigenvalue weighted by atomic mass is 10.2. The summed E-state index contributed by atoms with van der Waals surface area (Å²) in [4.78, 5) is 0. The van der Waals surface area contributed by atoms with Crippen LogP contribution in [0.4, 0.5) is 5.00 Å². The van der Waals surface area contributed by atoms with Crippen LogP contribution in [0.2, 0.25) is 0 Å². The molecule has 0 atom stereocenters. The van der Waals surface area contributed by atoms with Crippen molar-refractivity contribution in [2.24, 2.45) is 0 Å². The zero-order chi connectivity index (χ0) is 10.8. The lowest BCUT2D eigenvalue weighted by molar-refractivity contribution is 0.766. The predicted octanol–water partition coefficient (Wildman–Crippen LogP) is 1.77. The van der Waals surface area contributed by atoms with Crippen LogP contribution in [0.1, 0.15) is 12.6 Å². The Morgan fingerprint density at radius 3 is 3.00 bits per heavy atom. The number of hydrogen-bond donors (Lipinski definition) is 1. The van der Waals surface area contributed by atoms with Crippen molar-refractivity contribution in [1.29, 1.82) is 0 Å². The smallest absolute Gasteiger partial charge is 0.168 e. The molecule has 0 aliphatic heterocycles. The van der Waals surface area contributed by atoms with E-state index in [4.69, 9.17) is 0 Å². The van der Waals surface area contributed by atoms with E-state index < -0.39 is 0 Å². The third-order valence-corrected chi connectivity index (χ3v) is 3.23. The molecule has 6 heteroatoms. The fraction of sp³-hybridized carbons (Fsp3) is 0.444. The summed E-state index contributed by atoms with van der Waals surface area (Å²) in [6.07, 6.45) is 1.74. The molecule has 0 radical (unpaired) electrons. The molecule has 2 aromatic heterocycles. The standard InChI is InChI=1S/C9H13N5S/c1-4-14-5-11-12-8(14)7-6(2)13-15-9(7)10-3/h5,10H,4H2,1-3H3. The fourth-order valence-electron chi connectivity index (χ4n) is 1.48. The van der Waals surface area contributed by atoms with Crippen LogP contribution in [0, 0.1) is 6.92 Å². The minimum atomic E-state index is 0.862. The van der Waals surface area contributed by atoms with Crippen molar-refractivity contribution in [3.05, 3.63) is 12.0 Å². The maximum atomic E-state index is 4.32. The number of hydrogen-bond acceptors (Lipinski definition) is 5. The van der Waals surface area contributed by atoms with Gasteiger partial charge in [0.25, 0.3) is 0 Å². The second kappa shape index (κ2) is 3.98. The zero-order valence-electron chi connectivity index (χ0n) is 8.98. The summed E-state index contributed by atoms with van der Waals surface area (Å²) < 4.78 is 6.33. The van der Waals surface area contributed by atoms with Crippen LogP contribution in [0.25, 0.3) is 11.4 Å². The van der Waals surface area contributed by atoms with Gasteiger partial charge in [0, 0.05) is 13.6 Å². The van der Waals surface area contributed by atoms with Crippen LogP contribution in [0.3, 0.4) is 0 Å². The number of rotatable bonds is 3. The van der Waals surface area contributed by atoms with Gasteiger partial charge in [0.1, 0.15) is 11.3 Å². The van der Waals surface area contributed by atoms with Crippen molar-refractivity contribution < 1.29 is 0 Å². The Labute approximate surface area is 92.3 Å². The molecule has 2 rings (SSSR count). The average Bonchev–Trinajstić information content (AvgIpc) is 2.82. The molecule has 0 saturated heterocycles. The van der Waals surface area contributed by atoms with E-state index in [0.717, 1.165) is 28.6 Å². The van der Waals surface area contributed by atoms with Gasteiger partial charge in [-0.25, -0.2) is 0 Å². The Kier molecular flexibility index (Phi) is 2.68. The van der Waals surface area contributed by atoms with E-state index in [1.165, 1.54) is 11.5 Å². The largest absolute Gasteiger partial charge is 0.378 e. The summed E-state index contributed by atoms with van der Waals surface area (Å²) in [5, 5.41) is 12.2. The molecule has 1 N–H and O–H groups in total. The highest BCUT2D eigenvalue weighted by Gasteiger charge is 2.16. The average molecular weight is 223 g/mol. The molecular weight excluding hydrogens is 210 g/mol. The van der Waals surface area contributed by atoms with E-state index >= 15 is 0 Å². The molecule has 0 bridgehead atoms. The Hall–Kier alpha value is -1.43. The molecule has 2 heterocycles. The first-order valence-electron chi connectivity index (χ1n) is 4.80. The molecule has 0 unspecified atom stereocenters. The summed E-state index contributed by atoms with van der Waals surface area (Å²) in [6.45, 7) is 4.92. The number of nitrogens with one attached hydrogen (secondary N) is 1. The van der Waals surface area contributed by atoms with Crippen LogP contribution in [0.5, 0.6) is 0 Å². The Balaban J connectivity index is 2.57. The van der Waals surface area contributed by atoms with E-state index in [-0.39, 0.29) is 0 Å². The summed E-state index contributed by atoms with van der Waals surface area (Å²) >= 11 is 1.45. The molecule has 0 fully saturated rings. The van der Waals surface area contributed by atoms with Crippen LogP contribution >= 0.6 is 11.5 Å². The third-order valence-electron chi connectivity index (χ3n) is 2.27. The molecule has 0 aliphatic rings. The van der Waals surface area contributed by atoms with E-state index in [1.807, 2.05) is 18.5 Å². The summed E-state index contributed by atoms with van der Waals surface area (Å²) in [7, 11) is 1.89. The zero-order valence-corrected chi connectivity index (χ0v) is 9.80. The van der Waals surface area contributed by atoms with Crippen molar-refractivity contribution in [3.8, 4) is 11.4 Å². The topological polar surface area (TPSA) is 55.6 Å². The van der Waals surface area contributed by atoms with Gasteiger partial charge in [0.15, 0.2) is 5.82 Å². The number of nitrogens with zero attached hydrogens (tertiary/aromatic N) is 4. The Morgan fingerprint density at radius 2 is 2.33 bits per heavy atom. The van der Waals surface area contributed by atoms with Gasteiger partial charge in [-0.05, 0) is 25.4 Å². The van der Waals surface area contributed by atoms with Crippen LogP contribution in [-0.2, 0) is 6.54 Å². The van der Waals surface area contributed by atoms with Gasteiger partial charge in [0.05, 0.1) is 11.3 Å². The summed E-state index contributed by atoms with van der Waals surface area (Å²) in [5.74, 6) is 0.883. The first-order valence-corrected chi connectivity index (χ1v) is 5.57. The first kappa shape index (κ1) is 10.1. The molecule has 0 amide bonds. The second-order valence-corrected chi connectivity index (χ2v) is 3.94. The first-order chi connectivity index (χ1) is 7.27. The number of aromatic nitrogens is 4. The van der Waals surface area contributed by atoms with Gasteiger partial charge in [-0.15, -0.1) is 10.2 Å². The van der Waals surface area contributed by atoms with Crippen molar-refractivity contribution in [2.75, 3.05) is 12.4 Å². The number of anilines is 1. The molecule has 0 spiro atoms. The third kappa shape index (κ3) is 1.61. The molecule has 0 aromatic carbocycles. The molecule has 80 valence electrons. The molecule has 0 saturated carbocycles. The van der Waals surface area contributed by atoms with Gasteiger partial charge >= 0.3 is 0 Å². The molecule has 5 nitrogen and oxygen atoms in total. The molecular formula is C9H13N5S. The Morgan fingerprint density at radius 1 is 1.53 bits per heavy atom. The monoisotopic (exact) mass is 223 g/mol. The van der Waals surface area contributed by atoms with Crippen molar-refractivity contribution >= 4 is 16.5 Å². The second-order valence-electron chi connectivity index (χ2n) is 3.16. The molecule has 2 aromatic rings. The van der Waals surface area contributed by atoms with Crippen LogP contribution in [0.15, 0.2) is 6.33 Å². The maximum Gasteiger partial charge on any atom is 0.168 e. The van der Waals surface area contributed by atoms with E-state index in [1.54, 1.807) is 6.33 Å². The summed E-state index contributed by atoms with van der Waals surface area (Å²) in [6, 6.07) is 0. The minimum absolute atomic E-state index is 0.862. The van der Waals surface area contributed by atoms with Crippen molar-refractivity contribution in [3.63, 3.8) is 0 Å². The highest BCUT2D eigenvalue weighted by atomic mass is 32.1. The quantitative estimate of drug-likeness (QED) is 0.861.